The molecule has 0 bridgehead atoms. The number of rotatable bonds is 3. The van der Waals surface area contributed by atoms with Gasteiger partial charge in [0.05, 0.1) is 0 Å². The molecule has 68 valence electrons. The summed E-state index contributed by atoms with van der Waals surface area (Å²) in [6.07, 6.45) is 0. The number of nitrogens with zero attached hydrogens (tertiary/aromatic N) is 1. The topological polar surface area (TPSA) is 60.2 Å². The number of nitro groups is 1. The molecule has 0 spiro atoms. The van der Waals surface area contributed by atoms with E-state index >= 15 is 0 Å². The number of hydrogen-bond acceptors (Lipinski definition) is 4. The molecule has 0 aliphatic heterocycles. The fourth-order valence-corrected chi connectivity index (χ4v) is 0.996. The number of hydrogen-bond donors (Lipinski definition) is 1. The third-order valence-corrected chi connectivity index (χ3v) is 1.92. The van der Waals surface area contributed by atoms with E-state index in [9.17, 15) is 14.9 Å². The Balaban J connectivity index is 2.86. The maximum Gasteiger partial charge on any atom is 0.317 e. The van der Waals surface area contributed by atoms with Gasteiger partial charge in [0.25, 0.3) is 0 Å². The zero-order valence-corrected chi connectivity index (χ0v) is 7.48. The van der Waals surface area contributed by atoms with Gasteiger partial charge in [0, 0.05) is 10.5 Å². The molecule has 0 radical (unpaired) electrons. The Kier molecular flexibility index (Phi) is 3.02. The van der Waals surface area contributed by atoms with Crippen molar-refractivity contribution in [3.8, 4) is 0 Å². The van der Waals surface area contributed by atoms with Crippen LogP contribution in [0.5, 0.6) is 0 Å². The zero-order chi connectivity index (χ0) is 9.84. The lowest BCUT2D eigenvalue weighted by Crippen LogP contribution is -2.23. The SMILES string of the molecule is O=C(c1ccccc1)C(S)[N+](=O)[O-]. The fraction of sp³-hybridized carbons (Fsp3) is 0.125. The highest BCUT2D eigenvalue weighted by Crippen LogP contribution is 2.07. The van der Waals surface area contributed by atoms with Gasteiger partial charge in [-0.05, 0) is 0 Å². The number of carbonyl (C=O) groups is 1. The highest BCUT2D eigenvalue weighted by molar-refractivity contribution is 7.81. The summed E-state index contributed by atoms with van der Waals surface area (Å²) in [5.74, 6) is -0.589. The van der Waals surface area contributed by atoms with Gasteiger partial charge in [0.2, 0.25) is 5.78 Å². The lowest BCUT2D eigenvalue weighted by molar-refractivity contribution is -0.478. The Morgan fingerprint density at radius 2 is 1.92 bits per heavy atom. The molecule has 1 aromatic rings. The molecule has 0 amide bonds. The first-order valence-electron chi connectivity index (χ1n) is 3.54. The minimum absolute atomic E-state index is 0.305. The van der Waals surface area contributed by atoms with Gasteiger partial charge in [-0.25, -0.2) is 0 Å². The van der Waals surface area contributed by atoms with Crippen molar-refractivity contribution in [2.24, 2.45) is 0 Å². The predicted octanol–water partition coefficient (Wildman–Crippen LogP) is 1.40. The van der Waals surface area contributed by atoms with Gasteiger partial charge in [-0.1, -0.05) is 43.0 Å². The first-order valence-corrected chi connectivity index (χ1v) is 4.05. The van der Waals surface area contributed by atoms with Crippen molar-refractivity contribution < 1.29 is 9.72 Å². The smallest absolute Gasteiger partial charge is 0.285 e. The van der Waals surface area contributed by atoms with Crippen LogP contribution in [0, 0.1) is 10.1 Å². The highest BCUT2D eigenvalue weighted by Gasteiger charge is 2.25. The van der Waals surface area contributed by atoms with Crippen molar-refractivity contribution in [3.63, 3.8) is 0 Å². The van der Waals surface area contributed by atoms with Crippen LogP contribution in [-0.4, -0.2) is 16.1 Å². The summed E-state index contributed by atoms with van der Waals surface area (Å²) in [7, 11) is 0. The van der Waals surface area contributed by atoms with Crippen molar-refractivity contribution in [2.75, 3.05) is 0 Å². The maximum atomic E-state index is 11.3. The molecule has 1 aromatic carbocycles. The quantitative estimate of drug-likeness (QED) is 0.262. The van der Waals surface area contributed by atoms with E-state index in [1.54, 1.807) is 18.2 Å². The Bertz CT molecular complexity index is 325. The molecule has 13 heavy (non-hydrogen) atoms. The van der Waals surface area contributed by atoms with Gasteiger partial charge in [-0.15, -0.1) is 0 Å². The molecular formula is C8H7NO3S. The van der Waals surface area contributed by atoms with Gasteiger partial charge in [-0.3, -0.25) is 14.9 Å². The average molecular weight is 197 g/mol. The van der Waals surface area contributed by atoms with Crippen molar-refractivity contribution in [3.05, 3.63) is 46.0 Å². The van der Waals surface area contributed by atoms with Crippen LogP contribution in [0.2, 0.25) is 0 Å². The minimum atomic E-state index is -1.47. The molecule has 0 N–H and O–H groups in total. The molecule has 0 aliphatic rings. The van der Waals surface area contributed by atoms with Gasteiger partial charge in [0.1, 0.15) is 0 Å². The van der Waals surface area contributed by atoms with E-state index in [-0.39, 0.29) is 0 Å². The van der Waals surface area contributed by atoms with Gasteiger partial charge in [-0.2, -0.15) is 0 Å². The van der Waals surface area contributed by atoms with Crippen molar-refractivity contribution in [1.29, 1.82) is 0 Å². The summed E-state index contributed by atoms with van der Waals surface area (Å²) >= 11 is 3.58. The molecule has 0 fully saturated rings. The monoisotopic (exact) mass is 197 g/mol. The van der Waals surface area contributed by atoms with Crippen molar-refractivity contribution >= 4 is 18.4 Å². The zero-order valence-electron chi connectivity index (χ0n) is 6.58. The van der Waals surface area contributed by atoms with E-state index in [1.165, 1.54) is 12.1 Å². The maximum absolute atomic E-state index is 11.3. The summed E-state index contributed by atoms with van der Waals surface area (Å²) < 4.78 is 0. The number of benzene rings is 1. The summed E-state index contributed by atoms with van der Waals surface area (Å²) in [6.45, 7) is 0. The second kappa shape index (κ2) is 4.04. The summed E-state index contributed by atoms with van der Waals surface area (Å²) in [6, 6.07) is 8.07. The van der Waals surface area contributed by atoms with E-state index < -0.39 is 16.1 Å². The third-order valence-electron chi connectivity index (χ3n) is 1.49. The van der Waals surface area contributed by atoms with Gasteiger partial charge in [0.15, 0.2) is 0 Å². The largest absolute Gasteiger partial charge is 0.317 e. The van der Waals surface area contributed by atoms with Crippen LogP contribution in [0.4, 0.5) is 0 Å². The molecule has 0 saturated carbocycles. The van der Waals surface area contributed by atoms with Crippen LogP contribution in [0.3, 0.4) is 0 Å². The van der Waals surface area contributed by atoms with Crippen LogP contribution in [0.15, 0.2) is 30.3 Å². The second-order valence-electron chi connectivity index (χ2n) is 2.39. The molecule has 0 heterocycles. The van der Waals surface area contributed by atoms with E-state index in [4.69, 9.17) is 0 Å². The average Bonchev–Trinajstić information content (AvgIpc) is 2.17. The van der Waals surface area contributed by atoms with E-state index in [0.29, 0.717) is 5.56 Å². The van der Waals surface area contributed by atoms with Crippen molar-refractivity contribution in [1.82, 2.24) is 0 Å². The van der Waals surface area contributed by atoms with E-state index in [0.717, 1.165) is 0 Å². The molecule has 1 rings (SSSR count). The predicted molar refractivity (Wildman–Crippen MR) is 50.5 cm³/mol. The van der Waals surface area contributed by atoms with Crippen LogP contribution < -0.4 is 0 Å². The minimum Gasteiger partial charge on any atom is -0.285 e. The Morgan fingerprint density at radius 1 is 1.38 bits per heavy atom. The first kappa shape index (κ1) is 9.73. The van der Waals surface area contributed by atoms with Gasteiger partial charge < -0.3 is 0 Å². The lowest BCUT2D eigenvalue weighted by atomic mass is 10.1. The standard InChI is InChI=1S/C8H7NO3S/c10-7(8(13)9(11)12)6-4-2-1-3-5-6/h1-5,8,13H. The lowest BCUT2D eigenvalue weighted by Gasteiger charge is -2.00. The van der Waals surface area contributed by atoms with Gasteiger partial charge >= 0.3 is 5.37 Å². The third kappa shape index (κ3) is 2.29. The molecule has 1 atom stereocenters. The Morgan fingerprint density at radius 3 is 2.38 bits per heavy atom. The number of ketones is 1. The Hall–Kier alpha value is -1.36. The molecule has 0 aromatic heterocycles. The van der Waals surface area contributed by atoms with Crippen molar-refractivity contribution in [2.45, 2.75) is 5.37 Å². The number of Topliss-reactive ketones (excluding diaryl/α,β-unsaturated/α-hetero) is 1. The highest BCUT2D eigenvalue weighted by atomic mass is 32.1. The molecule has 1 unspecified atom stereocenters. The molecular weight excluding hydrogens is 190 g/mol. The number of carbonyl (C=O) groups excluding carboxylic acids is 1. The summed E-state index contributed by atoms with van der Waals surface area (Å²) in [4.78, 5) is 20.8. The van der Waals surface area contributed by atoms with Crippen LogP contribution in [0.1, 0.15) is 10.4 Å². The summed E-state index contributed by atoms with van der Waals surface area (Å²) in [5, 5.41) is 8.75. The van der Waals surface area contributed by atoms with Crippen LogP contribution in [0.25, 0.3) is 0 Å². The van der Waals surface area contributed by atoms with Crippen LogP contribution >= 0.6 is 12.6 Å². The normalized spacial score (nSPS) is 12.1. The molecule has 0 saturated heterocycles. The summed E-state index contributed by atoms with van der Waals surface area (Å²) in [5.41, 5.74) is 0.305. The van der Waals surface area contributed by atoms with Crippen LogP contribution in [-0.2, 0) is 0 Å². The molecule has 4 nitrogen and oxygen atoms in total. The second-order valence-corrected chi connectivity index (χ2v) is 2.88. The van der Waals surface area contributed by atoms with E-state index in [1.807, 2.05) is 0 Å². The van der Waals surface area contributed by atoms with E-state index in [2.05, 4.69) is 12.6 Å². The fourth-order valence-electron chi connectivity index (χ4n) is 0.847. The first-order chi connectivity index (χ1) is 6.13. The number of thiol groups is 1. The molecule has 5 heteroatoms. The Labute approximate surface area is 80.1 Å². The molecule has 0 aliphatic carbocycles.